The molecule has 1 fully saturated rings. The summed E-state index contributed by atoms with van der Waals surface area (Å²) in [5.41, 5.74) is 2.04. The van der Waals surface area contributed by atoms with Gasteiger partial charge in [0.25, 0.3) is 0 Å². The highest BCUT2D eigenvalue weighted by Crippen LogP contribution is 2.30. The van der Waals surface area contributed by atoms with E-state index < -0.39 is 5.97 Å². The molecule has 0 bridgehead atoms. The maximum atomic E-state index is 10.7. The van der Waals surface area contributed by atoms with E-state index in [4.69, 9.17) is 9.52 Å². The molecule has 2 aromatic rings. The van der Waals surface area contributed by atoms with Gasteiger partial charge >= 0.3 is 5.97 Å². The molecule has 4 heteroatoms. The number of fused-ring (bicyclic) bond motifs is 1. The van der Waals surface area contributed by atoms with Crippen LogP contribution in [0.25, 0.3) is 11.0 Å². The molecule has 1 heterocycles. The fourth-order valence-electron chi connectivity index (χ4n) is 2.44. The highest BCUT2D eigenvalue weighted by Gasteiger charge is 2.29. The van der Waals surface area contributed by atoms with Crippen LogP contribution in [-0.2, 0) is 11.3 Å². The Labute approximate surface area is 111 Å². The molecule has 0 saturated heterocycles. The molecule has 1 saturated carbocycles. The monoisotopic (exact) mass is 259 g/mol. The Morgan fingerprint density at radius 3 is 2.89 bits per heavy atom. The zero-order chi connectivity index (χ0) is 13.2. The number of carbonyl (C=O) groups is 1. The van der Waals surface area contributed by atoms with E-state index in [0.717, 1.165) is 23.1 Å². The van der Waals surface area contributed by atoms with Gasteiger partial charge < -0.3 is 9.52 Å². The molecule has 1 aromatic heterocycles. The third kappa shape index (κ3) is 2.79. The van der Waals surface area contributed by atoms with Gasteiger partial charge in [-0.3, -0.25) is 9.69 Å². The average Bonchev–Trinajstić information content (AvgIpc) is 3.17. The first-order valence-electron chi connectivity index (χ1n) is 6.65. The van der Waals surface area contributed by atoms with E-state index in [1.807, 2.05) is 18.2 Å². The number of hydrogen-bond donors (Lipinski definition) is 1. The maximum Gasteiger partial charge on any atom is 0.304 e. The summed E-state index contributed by atoms with van der Waals surface area (Å²) in [7, 11) is 0. The van der Waals surface area contributed by atoms with Gasteiger partial charge in [-0.05, 0) is 18.9 Å². The van der Waals surface area contributed by atoms with Crippen LogP contribution < -0.4 is 0 Å². The van der Waals surface area contributed by atoms with Crippen molar-refractivity contribution in [2.45, 2.75) is 31.8 Å². The molecular weight excluding hydrogens is 242 g/mol. The van der Waals surface area contributed by atoms with Crippen LogP contribution in [0.1, 0.15) is 24.8 Å². The quantitative estimate of drug-likeness (QED) is 0.866. The lowest BCUT2D eigenvalue weighted by Crippen LogP contribution is -2.28. The molecular formula is C15H17NO3. The van der Waals surface area contributed by atoms with Crippen LogP contribution >= 0.6 is 0 Å². The number of nitrogens with zero attached hydrogens (tertiary/aromatic N) is 1. The summed E-state index contributed by atoms with van der Waals surface area (Å²) in [4.78, 5) is 13.0. The third-order valence-corrected chi connectivity index (χ3v) is 3.61. The molecule has 1 aliphatic rings. The van der Waals surface area contributed by atoms with Crippen LogP contribution in [0.4, 0.5) is 0 Å². The van der Waals surface area contributed by atoms with Gasteiger partial charge in [0.05, 0.1) is 12.7 Å². The SMILES string of the molecule is O=C(O)CCN(Cc1coc2ccccc12)C1CC1. The second-order valence-electron chi connectivity index (χ2n) is 5.10. The minimum absolute atomic E-state index is 0.201. The lowest BCUT2D eigenvalue weighted by molar-refractivity contribution is -0.137. The first kappa shape index (κ1) is 12.2. The van der Waals surface area contributed by atoms with Crippen molar-refractivity contribution < 1.29 is 14.3 Å². The van der Waals surface area contributed by atoms with Crippen LogP contribution in [0.15, 0.2) is 34.9 Å². The number of hydrogen-bond acceptors (Lipinski definition) is 3. The normalized spacial score (nSPS) is 15.2. The first-order valence-corrected chi connectivity index (χ1v) is 6.65. The lowest BCUT2D eigenvalue weighted by Gasteiger charge is -2.20. The molecule has 3 rings (SSSR count). The smallest absolute Gasteiger partial charge is 0.304 e. The van der Waals surface area contributed by atoms with E-state index in [1.54, 1.807) is 6.26 Å². The van der Waals surface area contributed by atoms with Gasteiger partial charge in [0.15, 0.2) is 0 Å². The van der Waals surface area contributed by atoms with E-state index in [2.05, 4.69) is 11.0 Å². The number of carboxylic acids is 1. The van der Waals surface area contributed by atoms with Gasteiger partial charge in [0.2, 0.25) is 0 Å². The zero-order valence-corrected chi connectivity index (χ0v) is 10.7. The largest absolute Gasteiger partial charge is 0.481 e. The first-order chi connectivity index (χ1) is 9.24. The predicted octanol–water partition coefficient (Wildman–Crippen LogP) is 2.87. The van der Waals surface area contributed by atoms with Crippen LogP contribution in [0.5, 0.6) is 0 Å². The number of aliphatic carboxylic acids is 1. The number of benzene rings is 1. The molecule has 1 aromatic carbocycles. The van der Waals surface area contributed by atoms with Gasteiger partial charge in [0.1, 0.15) is 5.58 Å². The highest BCUT2D eigenvalue weighted by molar-refractivity contribution is 5.80. The Hall–Kier alpha value is -1.81. The Kier molecular flexibility index (Phi) is 3.25. The van der Waals surface area contributed by atoms with Crippen LogP contribution in [-0.4, -0.2) is 28.6 Å². The molecule has 0 radical (unpaired) electrons. The number of furan rings is 1. The van der Waals surface area contributed by atoms with Gasteiger partial charge in [-0.2, -0.15) is 0 Å². The van der Waals surface area contributed by atoms with E-state index in [0.29, 0.717) is 12.6 Å². The average molecular weight is 259 g/mol. The highest BCUT2D eigenvalue weighted by atomic mass is 16.4. The summed E-state index contributed by atoms with van der Waals surface area (Å²) in [5, 5.41) is 9.95. The third-order valence-electron chi connectivity index (χ3n) is 3.61. The summed E-state index contributed by atoms with van der Waals surface area (Å²) < 4.78 is 5.53. The van der Waals surface area contributed by atoms with Crippen molar-refractivity contribution in [3.05, 3.63) is 36.1 Å². The van der Waals surface area contributed by atoms with Crippen molar-refractivity contribution in [2.75, 3.05) is 6.54 Å². The number of para-hydroxylation sites is 1. The van der Waals surface area contributed by atoms with Crippen molar-refractivity contribution >= 4 is 16.9 Å². The molecule has 1 aliphatic carbocycles. The molecule has 0 amide bonds. The molecule has 0 aliphatic heterocycles. The zero-order valence-electron chi connectivity index (χ0n) is 10.7. The summed E-state index contributed by atoms with van der Waals surface area (Å²) in [6, 6.07) is 8.51. The standard InChI is InChI=1S/C15H17NO3/c17-15(18)7-8-16(12-5-6-12)9-11-10-19-14-4-2-1-3-13(11)14/h1-4,10,12H,5-9H2,(H,17,18). The number of rotatable bonds is 6. The minimum Gasteiger partial charge on any atom is -0.481 e. The predicted molar refractivity (Wildman–Crippen MR) is 71.9 cm³/mol. The fraction of sp³-hybridized carbons (Fsp3) is 0.400. The second-order valence-corrected chi connectivity index (χ2v) is 5.10. The molecule has 0 unspecified atom stereocenters. The van der Waals surface area contributed by atoms with E-state index >= 15 is 0 Å². The van der Waals surface area contributed by atoms with Crippen molar-refractivity contribution in [2.24, 2.45) is 0 Å². The Bertz CT molecular complexity index is 586. The van der Waals surface area contributed by atoms with Crippen molar-refractivity contribution in [3.8, 4) is 0 Å². The molecule has 19 heavy (non-hydrogen) atoms. The molecule has 0 atom stereocenters. The molecule has 100 valence electrons. The Morgan fingerprint density at radius 2 is 2.16 bits per heavy atom. The van der Waals surface area contributed by atoms with Crippen LogP contribution in [0.3, 0.4) is 0 Å². The Morgan fingerprint density at radius 1 is 1.37 bits per heavy atom. The van der Waals surface area contributed by atoms with E-state index in [1.165, 1.54) is 12.8 Å². The van der Waals surface area contributed by atoms with Gasteiger partial charge in [0, 0.05) is 30.1 Å². The molecule has 1 N–H and O–H groups in total. The Balaban J connectivity index is 1.75. The van der Waals surface area contributed by atoms with Gasteiger partial charge in [-0.25, -0.2) is 0 Å². The van der Waals surface area contributed by atoms with Crippen molar-refractivity contribution in [3.63, 3.8) is 0 Å². The number of carboxylic acid groups (broad SMARTS) is 1. The second kappa shape index (κ2) is 5.05. The van der Waals surface area contributed by atoms with Crippen molar-refractivity contribution in [1.29, 1.82) is 0 Å². The molecule has 4 nitrogen and oxygen atoms in total. The minimum atomic E-state index is -0.734. The van der Waals surface area contributed by atoms with Crippen molar-refractivity contribution in [1.82, 2.24) is 4.90 Å². The maximum absolute atomic E-state index is 10.7. The summed E-state index contributed by atoms with van der Waals surface area (Å²) in [5.74, 6) is -0.734. The van der Waals surface area contributed by atoms with E-state index in [-0.39, 0.29) is 6.42 Å². The van der Waals surface area contributed by atoms with Crippen LogP contribution in [0.2, 0.25) is 0 Å². The van der Waals surface area contributed by atoms with E-state index in [9.17, 15) is 4.79 Å². The lowest BCUT2D eigenvalue weighted by atomic mass is 10.1. The van der Waals surface area contributed by atoms with Gasteiger partial charge in [-0.15, -0.1) is 0 Å². The molecule has 0 spiro atoms. The summed E-state index contributed by atoms with van der Waals surface area (Å²) in [6.45, 7) is 1.38. The van der Waals surface area contributed by atoms with Crippen LogP contribution in [0, 0.1) is 0 Å². The summed E-state index contributed by atoms with van der Waals surface area (Å²) >= 11 is 0. The topological polar surface area (TPSA) is 53.7 Å². The van der Waals surface area contributed by atoms with Gasteiger partial charge in [-0.1, -0.05) is 18.2 Å². The summed E-state index contributed by atoms with van der Waals surface area (Å²) in [6.07, 6.45) is 4.35. The fourth-order valence-corrected chi connectivity index (χ4v) is 2.44.